The lowest BCUT2D eigenvalue weighted by Gasteiger charge is -2.23. The lowest BCUT2D eigenvalue weighted by atomic mass is 10.1. The van der Waals surface area contributed by atoms with Crippen molar-refractivity contribution in [2.24, 2.45) is 0 Å². The van der Waals surface area contributed by atoms with Gasteiger partial charge < -0.3 is 10.1 Å². The molecule has 0 aliphatic carbocycles. The summed E-state index contributed by atoms with van der Waals surface area (Å²) in [5, 5.41) is 2.74. The zero-order valence-corrected chi connectivity index (χ0v) is 19.5. The van der Waals surface area contributed by atoms with Gasteiger partial charge in [0.1, 0.15) is 17.6 Å². The van der Waals surface area contributed by atoms with Gasteiger partial charge in [0.15, 0.2) is 0 Å². The van der Waals surface area contributed by atoms with E-state index in [1.165, 1.54) is 30.5 Å². The van der Waals surface area contributed by atoms with Crippen LogP contribution in [-0.4, -0.2) is 42.6 Å². The summed E-state index contributed by atoms with van der Waals surface area (Å²) >= 11 is 0. The number of nitrogens with zero attached hydrogens (tertiary/aromatic N) is 2. The second-order valence-corrected chi connectivity index (χ2v) is 9.96. The van der Waals surface area contributed by atoms with Gasteiger partial charge in [-0.1, -0.05) is 0 Å². The second-order valence-electron chi connectivity index (χ2n) is 8.07. The summed E-state index contributed by atoms with van der Waals surface area (Å²) in [6.07, 6.45) is -2.44. The molecular weight excluding hydrogens is 502 g/mol. The number of benzene rings is 2. The highest BCUT2D eigenvalue weighted by atomic mass is 32.2. The first-order chi connectivity index (χ1) is 17.0. The molecule has 0 spiro atoms. The Bertz CT molecular complexity index is 1330. The number of sulfonamides is 1. The number of pyridine rings is 1. The molecule has 12 heteroatoms. The number of hydrogen-bond acceptors (Lipinski definition) is 5. The number of halogens is 4. The Morgan fingerprint density at radius 2 is 1.78 bits per heavy atom. The van der Waals surface area contributed by atoms with E-state index in [9.17, 15) is 30.8 Å². The number of alkyl halides is 3. The van der Waals surface area contributed by atoms with Crippen LogP contribution in [0, 0.1) is 5.82 Å². The standard InChI is InChI=1S/C24H21F4N3O4S/c25-18-5-9-20(10-6-18)36(33,34)31-13-1-2-22(31)23(32)30-15-16-11-12-29-21(14-16)17-3-7-19(8-4-17)35-24(26,27)28/h3-12,14,22H,1-2,13,15H2,(H,30,32)/t22-/m0/s1. The van der Waals surface area contributed by atoms with E-state index in [2.05, 4.69) is 15.0 Å². The third-order valence-corrected chi connectivity index (χ3v) is 7.52. The van der Waals surface area contributed by atoms with Gasteiger partial charge in [0.05, 0.1) is 10.6 Å². The maximum atomic E-state index is 13.2. The Labute approximate surface area is 204 Å². The van der Waals surface area contributed by atoms with E-state index in [-0.39, 0.29) is 23.7 Å². The molecule has 190 valence electrons. The monoisotopic (exact) mass is 523 g/mol. The lowest BCUT2D eigenvalue weighted by molar-refractivity contribution is -0.274. The summed E-state index contributed by atoms with van der Waals surface area (Å²) in [6.45, 7) is 0.260. The fourth-order valence-corrected chi connectivity index (χ4v) is 5.56. The van der Waals surface area contributed by atoms with E-state index < -0.39 is 34.2 Å². The van der Waals surface area contributed by atoms with E-state index in [1.54, 1.807) is 12.1 Å². The predicted octanol–water partition coefficient (Wildman–Crippen LogP) is 4.26. The molecule has 0 saturated carbocycles. The molecular formula is C24H21F4N3O4S. The van der Waals surface area contributed by atoms with Crippen LogP contribution in [0.15, 0.2) is 71.8 Å². The first kappa shape index (κ1) is 25.6. The van der Waals surface area contributed by atoms with Crippen molar-refractivity contribution < 1.29 is 35.5 Å². The van der Waals surface area contributed by atoms with Gasteiger partial charge in [-0.25, -0.2) is 12.8 Å². The summed E-state index contributed by atoms with van der Waals surface area (Å²) in [5.41, 5.74) is 1.68. The van der Waals surface area contributed by atoms with Gasteiger partial charge in [-0.2, -0.15) is 4.31 Å². The van der Waals surface area contributed by atoms with Crippen LogP contribution in [0.3, 0.4) is 0 Å². The summed E-state index contributed by atoms with van der Waals surface area (Å²) in [7, 11) is -3.98. The average molecular weight is 524 g/mol. The fourth-order valence-electron chi connectivity index (χ4n) is 3.91. The normalized spacial score (nSPS) is 16.6. The zero-order chi connectivity index (χ0) is 25.9. The molecule has 1 amide bonds. The summed E-state index contributed by atoms with van der Waals surface area (Å²) in [6, 6.07) is 12.1. The van der Waals surface area contributed by atoms with Crippen molar-refractivity contribution in [3.05, 3.63) is 78.2 Å². The van der Waals surface area contributed by atoms with Gasteiger partial charge in [0.2, 0.25) is 15.9 Å². The van der Waals surface area contributed by atoms with Gasteiger partial charge in [-0.15, -0.1) is 13.2 Å². The molecule has 0 radical (unpaired) electrons. The third-order valence-electron chi connectivity index (χ3n) is 5.60. The molecule has 36 heavy (non-hydrogen) atoms. The molecule has 7 nitrogen and oxygen atoms in total. The lowest BCUT2D eigenvalue weighted by Crippen LogP contribution is -2.45. The van der Waals surface area contributed by atoms with Gasteiger partial charge >= 0.3 is 6.36 Å². The molecule has 2 heterocycles. The smallest absolute Gasteiger partial charge is 0.406 e. The molecule has 1 saturated heterocycles. The summed E-state index contributed by atoms with van der Waals surface area (Å²) in [5.74, 6) is -1.39. The van der Waals surface area contributed by atoms with Gasteiger partial charge in [0, 0.05) is 24.8 Å². The summed E-state index contributed by atoms with van der Waals surface area (Å²) in [4.78, 5) is 17.0. The van der Waals surface area contributed by atoms with E-state index in [4.69, 9.17) is 0 Å². The SMILES string of the molecule is O=C(NCc1ccnc(-c2ccc(OC(F)(F)F)cc2)c1)[C@@H]1CCCN1S(=O)(=O)c1ccc(F)cc1. The fraction of sp³-hybridized carbons (Fsp3) is 0.250. The average Bonchev–Trinajstić information content (AvgIpc) is 3.34. The van der Waals surface area contributed by atoms with Crippen LogP contribution in [0.5, 0.6) is 5.75 Å². The minimum absolute atomic E-state index is 0.0879. The Kier molecular flexibility index (Phi) is 7.27. The topological polar surface area (TPSA) is 88.6 Å². The minimum atomic E-state index is -4.79. The van der Waals surface area contributed by atoms with Crippen molar-refractivity contribution in [1.82, 2.24) is 14.6 Å². The number of hydrogen-bond donors (Lipinski definition) is 1. The molecule has 1 atom stereocenters. The molecule has 1 aromatic heterocycles. The highest BCUT2D eigenvalue weighted by molar-refractivity contribution is 7.89. The number of nitrogens with one attached hydrogen (secondary N) is 1. The van der Waals surface area contributed by atoms with Crippen molar-refractivity contribution in [2.75, 3.05) is 6.54 Å². The number of rotatable bonds is 7. The molecule has 2 aromatic carbocycles. The first-order valence-corrected chi connectivity index (χ1v) is 12.3. The molecule has 4 rings (SSSR count). The predicted molar refractivity (Wildman–Crippen MR) is 122 cm³/mol. The van der Waals surface area contributed by atoms with Gasteiger partial charge in [-0.3, -0.25) is 9.78 Å². The Morgan fingerprint density at radius 1 is 1.08 bits per heavy atom. The van der Waals surface area contributed by atoms with E-state index in [0.29, 0.717) is 29.7 Å². The van der Waals surface area contributed by atoms with Crippen LogP contribution in [0.25, 0.3) is 11.3 Å². The van der Waals surface area contributed by atoms with E-state index in [0.717, 1.165) is 28.6 Å². The number of ether oxygens (including phenoxy) is 1. The Balaban J connectivity index is 1.42. The molecule has 0 bridgehead atoms. The highest BCUT2D eigenvalue weighted by Crippen LogP contribution is 2.28. The third kappa shape index (κ3) is 6.00. The maximum absolute atomic E-state index is 13.2. The Morgan fingerprint density at radius 3 is 2.44 bits per heavy atom. The van der Waals surface area contributed by atoms with E-state index in [1.807, 2.05) is 0 Å². The van der Waals surface area contributed by atoms with Crippen LogP contribution in [-0.2, 0) is 21.4 Å². The van der Waals surface area contributed by atoms with Crippen LogP contribution in [0.2, 0.25) is 0 Å². The van der Waals surface area contributed by atoms with Crippen molar-refractivity contribution >= 4 is 15.9 Å². The van der Waals surface area contributed by atoms with Crippen molar-refractivity contribution in [3.8, 4) is 17.0 Å². The highest BCUT2D eigenvalue weighted by Gasteiger charge is 2.39. The molecule has 3 aromatic rings. The van der Waals surface area contributed by atoms with Crippen molar-refractivity contribution in [1.29, 1.82) is 0 Å². The molecule has 1 fully saturated rings. The Hall–Kier alpha value is -3.51. The summed E-state index contributed by atoms with van der Waals surface area (Å²) < 4.78 is 81.2. The second kappa shape index (κ2) is 10.2. The molecule has 1 aliphatic rings. The van der Waals surface area contributed by atoms with Gasteiger partial charge in [0.25, 0.3) is 0 Å². The number of amides is 1. The first-order valence-electron chi connectivity index (χ1n) is 10.9. The molecule has 0 unspecified atom stereocenters. The van der Waals surface area contributed by atoms with Crippen molar-refractivity contribution in [2.45, 2.75) is 36.7 Å². The van der Waals surface area contributed by atoms with Crippen LogP contribution in [0.1, 0.15) is 18.4 Å². The number of carbonyl (C=O) groups is 1. The quantitative estimate of drug-likeness (QED) is 0.468. The molecule has 1 aliphatic heterocycles. The zero-order valence-electron chi connectivity index (χ0n) is 18.7. The van der Waals surface area contributed by atoms with Crippen LogP contribution < -0.4 is 10.1 Å². The maximum Gasteiger partial charge on any atom is 0.573 e. The van der Waals surface area contributed by atoms with Crippen LogP contribution >= 0.6 is 0 Å². The number of aromatic nitrogens is 1. The molecule has 1 N–H and O–H groups in total. The largest absolute Gasteiger partial charge is 0.573 e. The minimum Gasteiger partial charge on any atom is -0.406 e. The van der Waals surface area contributed by atoms with Crippen molar-refractivity contribution in [3.63, 3.8) is 0 Å². The van der Waals surface area contributed by atoms with Gasteiger partial charge in [-0.05, 0) is 79.1 Å². The van der Waals surface area contributed by atoms with Crippen LogP contribution in [0.4, 0.5) is 17.6 Å². The van der Waals surface area contributed by atoms with E-state index >= 15 is 0 Å². The number of carbonyl (C=O) groups excluding carboxylic acids is 1.